The van der Waals surface area contributed by atoms with Crippen LogP contribution in [0.15, 0.2) is 34.4 Å². The molecule has 0 radical (unpaired) electrons. The number of pyridine rings is 2. The zero-order chi connectivity index (χ0) is 20.0. The number of aromatic nitrogens is 2. The molecule has 4 rings (SSSR count). The minimum absolute atomic E-state index is 0.131. The lowest BCUT2D eigenvalue weighted by atomic mass is 9.93. The molecular weight excluding hydrogens is 373 g/mol. The van der Waals surface area contributed by atoms with E-state index in [1.54, 1.807) is 6.07 Å². The van der Waals surface area contributed by atoms with Crippen LogP contribution in [-0.2, 0) is 0 Å². The van der Waals surface area contributed by atoms with Crippen molar-refractivity contribution in [3.8, 4) is 11.1 Å². The van der Waals surface area contributed by atoms with Crippen LogP contribution in [0.3, 0.4) is 0 Å². The van der Waals surface area contributed by atoms with Gasteiger partial charge in [-0.2, -0.15) is 0 Å². The molecule has 4 aromatic rings. The average molecular weight is 396 g/mol. The molecule has 1 aromatic carbocycles. The first-order valence-corrected chi connectivity index (χ1v) is 10.1. The van der Waals surface area contributed by atoms with Crippen molar-refractivity contribution in [1.29, 1.82) is 0 Å². The molecule has 0 saturated heterocycles. The van der Waals surface area contributed by atoms with Crippen molar-refractivity contribution >= 4 is 32.3 Å². The van der Waals surface area contributed by atoms with Gasteiger partial charge >= 0.3 is 0 Å². The summed E-state index contributed by atoms with van der Waals surface area (Å²) in [6.45, 7) is 6.61. The predicted molar refractivity (Wildman–Crippen MR) is 115 cm³/mol. The third-order valence-electron chi connectivity index (χ3n) is 5.28. The Morgan fingerprint density at radius 3 is 2.75 bits per heavy atom. The van der Waals surface area contributed by atoms with Crippen molar-refractivity contribution in [3.05, 3.63) is 62.8 Å². The first-order chi connectivity index (χ1) is 13.4. The van der Waals surface area contributed by atoms with E-state index in [9.17, 15) is 4.79 Å². The lowest BCUT2D eigenvalue weighted by Crippen LogP contribution is -2.14. The lowest BCUT2D eigenvalue weighted by molar-refractivity contribution is 0.619. The third kappa shape index (κ3) is 2.93. The summed E-state index contributed by atoms with van der Waals surface area (Å²) in [4.78, 5) is 20.0. The molecule has 0 aliphatic rings. The molecule has 2 N–H and O–H groups in total. The maximum atomic E-state index is 15.2. The number of fused-ring (bicyclic) bond motifs is 3. The van der Waals surface area contributed by atoms with Crippen LogP contribution in [0.4, 0.5) is 4.39 Å². The summed E-state index contributed by atoms with van der Waals surface area (Å²) in [6.07, 6.45) is 0. The number of nitrogens with zero attached hydrogens (tertiary/aromatic N) is 1. The molecule has 0 amide bonds. The second kappa shape index (κ2) is 7.11. The number of hydrogen-bond acceptors (Lipinski definition) is 4. The fourth-order valence-electron chi connectivity index (χ4n) is 3.92. The Labute approximate surface area is 166 Å². The predicted octanol–water partition coefficient (Wildman–Crippen LogP) is 4.88. The molecule has 0 spiro atoms. The molecule has 144 valence electrons. The van der Waals surface area contributed by atoms with Crippen LogP contribution >= 0.6 is 11.3 Å². The molecular formula is C22H22FN3OS. The van der Waals surface area contributed by atoms with Crippen molar-refractivity contribution in [1.82, 2.24) is 15.3 Å². The maximum absolute atomic E-state index is 15.2. The van der Waals surface area contributed by atoms with Crippen molar-refractivity contribution < 1.29 is 4.39 Å². The summed E-state index contributed by atoms with van der Waals surface area (Å²) in [6, 6.07) is 7.35. The van der Waals surface area contributed by atoms with Gasteiger partial charge in [0.1, 0.15) is 10.5 Å². The maximum Gasteiger partial charge on any atom is 0.266 e. The van der Waals surface area contributed by atoms with Crippen molar-refractivity contribution in [2.45, 2.75) is 26.7 Å². The normalized spacial score (nSPS) is 12.8. The van der Waals surface area contributed by atoms with Gasteiger partial charge < -0.3 is 10.3 Å². The van der Waals surface area contributed by atoms with Crippen LogP contribution in [-0.4, -0.2) is 23.6 Å². The van der Waals surface area contributed by atoms with Gasteiger partial charge in [-0.3, -0.25) is 9.78 Å². The minimum atomic E-state index is -0.273. The summed E-state index contributed by atoms with van der Waals surface area (Å²) >= 11 is 1.40. The van der Waals surface area contributed by atoms with Crippen molar-refractivity contribution in [2.75, 3.05) is 13.6 Å². The number of halogens is 1. The van der Waals surface area contributed by atoms with Crippen LogP contribution in [0, 0.1) is 19.7 Å². The number of nitrogens with one attached hydrogen (secondary N) is 2. The largest absolute Gasteiger partial charge is 0.319 e. The lowest BCUT2D eigenvalue weighted by Gasteiger charge is -2.16. The van der Waals surface area contributed by atoms with E-state index in [0.29, 0.717) is 15.8 Å². The summed E-state index contributed by atoms with van der Waals surface area (Å²) in [5.74, 6) is -0.0624. The van der Waals surface area contributed by atoms with Gasteiger partial charge in [0.2, 0.25) is 0 Å². The van der Waals surface area contributed by atoms with Gasteiger partial charge in [-0.1, -0.05) is 19.1 Å². The minimum Gasteiger partial charge on any atom is -0.319 e. The number of aryl methyl sites for hydroxylation is 2. The molecule has 3 aromatic heterocycles. The highest BCUT2D eigenvalue weighted by Crippen LogP contribution is 2.38. The standard InChI is InChI=1S/C22H22FN3OS/c1-11(10-24-4)14-5-6-15(17(23)9-14)18-12(2)25-13(3)20-19(18)16-7-8-28-21(16)22(27)26-20/h5-9,11,24H,10H2,1-4H3,(H,26,27)/t11-/m0/s1. The van der Waals surface area contributed by atoms with E-state index in [1.165, 1.54) is 11.3 Å². The van der Waals surface area contributed by atoms with Crippen LogP contribution in [0.1, 0.15) is 29.8 Å². The summed E-state index contributed by atoms with van der Waals surface area (Å²) in [7, 11) is 1.89. The second-order valence-corrected chi connectivity index (χ2v) is 8.14. The first-order valence-electron chi connectivity index (χ1n) is 9.27. The Bertz CT molecular complexity index is 1260. The summed E-state index contributed by atoms with van der Waals surface area (Å²) in [5.41, 5.74) is 4.23. The smallest absolute Gasteiger partial charge is 0.266 e. The van der Waals surface area contributed by atoms with Crippen molar-refractivity contribution in [2.24, 2.45) is 0 Å². The van der Waals surface area contributed by atoms with Crippen LogP contribution in [0.5, 0.6) is 0 Å². The van der Waals surface area contributed by atoms with Gasteiger partial charge in [-0.15, -0.1) is 11.3 Å². The van der Waals surface area contributed by atoms with Gasteiger partial charge in [0.15, 0.2) is 0 Å². The molecule has 3 heterocycles. The van der Waals surface area contributed by atoms with Gasteiger partial charge in [-0.05, 0) is 49.9 Å². The number of rotatable bonds is 4. The highest BCUT2D eigenvalue weighted by molar-refractivity contribution is 7.17. The monoisotopic (exact) mass is 395 g/mol. The van der Waals surface area contributed by atoms with E-state index in [0.717, 1.165) is 39.8 Å². The summed E-state index contributed by atoms with van der Waals surface area (Å²) < 4.78 is 15.9. The molecule has 0 aliphatic heterocycles. The summed E-state index contributed by atoms with van der Waals surface area (Å²) in [5, 5.41) is 6.73. The number of hydrogen-bond donors (Lipinski definition) is 2. The van der Waals surface area contributed by atoms with E-state index < -0.39 is 0 Å². The Hall–Kier alpha value is -2.57. The molecule has 28 heavy (non-hydrogen) atoms. The number of likely N-dealkylation sites (N-methyl/N-ethyl adjacent to an activating group) is 1. The zero-order valence-corrected chi connectivity index (χ0v) is 17.1. The molecule has 0 aliphatic carbocycles. The van der Waals surface area contributed by atoms with Crippen LogP contribution in [0.2, 0.25) is 0 Å². The number of benzene rings is 1. The van der Waals surface area contributed by atoms with E-state index in [-0.39, 0.29) is 17.3 Å². The van der Waals surface area contributed by atoms with Crippen LogP contribution in [0.25, 0.3) is 32.1 Å². The van der Waals surface area contributed by atoms with Crippen LogP contribution < -0.4 is 10.9 Å². The van der Waals surface area contributed by atoms with Gasteiger partial charge in [0.25, 0.3) is 5.56 Å². The Balaban J connectivity index is 2.04. The van der Waals surface area contributed by atoms with E-state index in [1.807, 2.05) is 44.5 Å². The topological polar surface area (TPSA) is 57.8 Å². The Kier molecular flexibility index (Phi) is 4.77. The third-order valence-corrected chi connectivity index (χ3v) is 6.19. The molecule has 0 bridgehead atoms. The van der Waals surface area contributed by atoms with E-state index >= 15 is 4.39 Å². The SMILES string of the molecule is CNC[C@H](C)c1ccc(-c2c(C)nc(C)c3[nH]c(=O)c4sccc4c23)c(F)c1. The molecule has 0 fully saturated rings. The second-order valence-electron chi connectivity index (χ2n) is 7.22. The molecule has 4 nitrogen and oxygen atoms in total. The fourth-order valence-corrected chi connectivity index (χ4v) is 4.71. The van der Waals surface area contributed by atoms with Crippen molar-refractivity contribution in [3.63, 3.8) is 0 Å². The molecule has 6 heteroatoms. The first kappa shape index (κ1) is 18.8. The van der Waals surface area contributed by atoms with Gasteiger partial charge in [-0.25, -0.2) is 4.39 Å². The highest BCUT2D eigenvalue weighted by Gasteiger charge is 2.20. The molecule has 0 saturated carbocycles. The quantitative estimate of drug-likeness (QED) is 0.518. The Morgan fingerprint density at radius 2 is 2.04 bits per heavy atom. The number of thiophene rings is 1. The zero-order valence-electron chi connectivity index (χ0n) is 16.3. The molecule has 0 unspecified atom stereocenters. The highest BCUT2D eigenvalue weighted by atomic mass is 32.1. The van der Waals surface area contributed by atoms with E-state index in [4.69, 9.17) is 0 Å². The van der Waals surface area contributed by atoms with E-state index in [2.05, 4.69) is 22.2 Å². The molecule has 1 atom stereocenters. The Morgan fingerprint density at radius 1 is 1.25 bits per heavy atom. The number of aromatic amines is 1. The fraction of sp³-hybridized carbons (Fsp3) is 0.273. The van der Waals surface area contributed by atoms with Gasteiger partial charge in [0.05, 0.1) is 11.2 Å². The number of H-pyrrole nitrogens is 1. The van der Waals surface area contributed by atoms with Gasteiger partial charge in [0, 0.05) is 34.1 Å². The average Bonchev–Trinajstić information content (AvgIpc) is 3.14.